The van der Waals surface area contributed by atoms with Crippen molar-refractivity contribution in [3.05, 3.63) is 48.5 Å². The van der Waals surface area contributed by atoms with Crippen molar-refractivity contribution in [3.63, 3.8) is 0 Å². The lowest BCUT2D eigenvalue weighted by molar-refractivity contribution is -0.149. The van der Waals surface area contributed by atoms with Gasteiger partial charge in [-0.1, -0.05) is 36.0 Å². The van der Waals surface area contributed by atoms with Crippen LogP contribution in [0.15, 0.2) is 58.3 Å². The Morgan fingerprint density at radius 1 is 1.07 bits per heavy atom. The zero-order valence-electron chi connectivity index (χ0n) is 15.3. The van der Waals surface area contributed by atoms with Crippen molar-refractivity contribution in [2.75, 3.05) is 24.6 Å². The van der Waals surface area contributed by atoms with E-state index in [2.05, 4.69) is 0 Å². The van der Waals surface area contributed by atoms with Gasteiger partial charge in [0.05, 0.1) is 23.9 Å². The molecule has 140 valence electrons. The number of nitrogens with zero attached hydrogens (tertiary/aromatic N) is 2. The van der Waals surface area contributed by atoms with Crippen molar-refractivity contribution in [1.29, 1.82) is 0 Å². The first kappa shape index (κ1) is 17.9. The number of anilines is 2. The first-order valence-corrected chi connectivity index (χ1v) is 10.1. The number of likely N-dealkylation sites (tertiary alicyclic amines) is 1. The fraction of sp³-hybridized carbons (Fsp3) is 0.333. The van der Waals surface area contributed by atoms with Gasteiger partial charge in [0.15, 0.2) is 0 Å². The molecule has 0 unspecified atom stereocenters. The monoisotopic (exact) mass is 382 g/mol. The van der Waals surface area contributed by atoms with Crippen LogP contribution in [0.3, 0.4) is 0 Å². The molecule has 2 aliphatic rings. The smallest absolute Gasteiger partial charge is 0.329 e. The van der Waals surface area contributed by atoms with Gasteiger partial charge in [-0.3, -0.25) is 9.69 Å². The summed E-state index contributed by atoms with van der Waals surface area (Å²) in [4.78, 5) is 31.3. The fourth-order valence-corrected chi connectivity index (χ4v) is 4.71. The Labute approximate surface area is 163 Å². The highest BCUT2D eigenvalue weighted by Gasteiger charge is 2.35. The summed E-state index contributed by atoms with van der Waals surface area (Å²) in [5, 5.41) is 0. The van der Waals surface area contributed by atoms with Gasteiger partial charge in [0.2, 0.25) is 0 Å². The van der Waals surface area contributed by atoms with E-state index < -0.39 is 0 Å². The van der Waals surface area contributed by atoms with Crippen LogP contribution in [-0.2, 0) is 9.53 Å². The number of hydrogen-bond donors (Lipinski definition) is 0. The molecule has 2 aromatic rings. The minimum absolute atomic E-state index is 0.0794. The van der Waals surface area contributed by atoms with E-state index in [1.54, 1.807) is 21.6 Å². The van der Waals surface area contributed by atoms with Gasteiger partial charge >= 0.3 is 12.0 Å². The lowest BCUT2D eigenvalue weighted by atomic mass is 9.98. The number of ether oxygens (including phenoxy) is 1. The van der Waals surface area contributed by atoms with Crippen molar-refractivity contribution in [3.8, 4) is 0 Å². The molecule has 2 aromatic carbocycles. The summed E-state index contributed by atoms with van der Waals surface area (Å²) in [5.74, 6) is -0.447. The maximum atomic E-state index is 13.5. The first-order chi connectivity index (χ1) is 13.2. The number of carbonyl (C=O) groups excluding carboxylic acids is 2. The van der Waals surface area contributed by atoms with Crippen molar-refractivity contribution in [2.24, 2.45) is 5.92 Å². The van der Waals surface area contributed by atoms with Crippen LogP contribution in [0, 0.1) is 5.92 Å². The predicted octanol–water partition coefficient (Wildman–Crippen LogP) is 4.68. The summed E-state index contributed by atoms with van der Waals surface area (Å²) >= 11 is 1.68. The molecule has 1 saturated heterocycles. The number of para-hydroxylation sites is 2. The van der Waals surface area contributed by atoms with Gasteiger partial charge in [0.1, 0.15) is 0 Å². The number of piperidine rings is 1. The molecule has 0 radical (unpaired) electrons. The minimum Gasteiger partial charge on any atom is -0.466 e. The number of carbonyl (C=O) groups is 2. The molecule has 2 amide bonds. The van der Waals surface area contributed by atoms with Gasteiger partial charge in [-0.2, -0.15) is 0 Å². The highest BCUT2D eigenvalue weighted by molar-refractivity contribution is 7.99. The molecule has 2 aliphatic heterocycles. The third-order valence-electron chi connectivity index (χ3n) is 4.94. The normalized spacial score (nSPS) is 18.5. The van der Waals surface area contributed by atoms with E-state index in [0.717, 1.165) is 34.0 Å². The Kier molecular flexibility index (Phi) is 5.07. The quantitative estimate of drug-likeness (QED) is 0.708. The highest BCUT2D eigenvalue weighted by atomic mass is 32.2. The second-order valence-corrected chi connectivity index (χ2v) is 7.78. The van der Waals surface area contributed by atoms with Crippen LogP contribution in [0.4, 0.5) is 16.2 Å². The SMILES string of the molecule is CCOC(=O)[C@H]1CCCN(C(=O)N2c3ccccc3Sc3ccccc32)C1. The molecule has 27 heavy (non-hydrogen) atoms. The molecular weight excluding hydrogens is 360 g/mol. The Hall–Kier alpha value is -2.47. The van der Waals surface area contributed by atoms with Crippen LogP contribution in [0.2, 0.25) is 0 Å². The lowest BCUT2D eigenvalue weighted by Gasteiger charge is -2.38. The van der Waals surface area contributed by atoms with Gasteiger partial charge in [0, 0.05) is 22.9 Å². The third kappa shape index (κ3) is 3.41. The van der Waals surface area contributed by atoms with Crippen molar-refractivity contribution < 1.29 is 14.3 Å². The predicted molar refractivity (Wildman–Crippen MR) is 105 cm³/mol. The molecule has 0 saturated carbocycles. The summed E-state index contributed by atoms with van der Waals surface area (Å²) in [7, 11) is 0. The summed E-state index contributed by atoms with van der Waals surface area (Å²) in [6.45, 7) is 3.24. The van der Waals surface area contributed by atoms with Crippen molar-refractivity contribution >= 4 is 35.1 Å². The Morgan fingerprint density at radius 2 is 1.70 bits per heavy atom. The molecule has 2 heterocycles. The van der Waals surface area contributed by atoms with Gasteiger partial charge < -0.3 is 9.64 Å². The van der Waals surface area contributed by atoms with E-state index in [1.807, 2.05) is 55.5 Å². The van der Waals surface area contributed by atoms with E-state index in [4.69, 9.17) is 4.74 Å². The summed E-state index contributed by atoms with van der Waals surface area (Å²) in [6, 6.07) is 15.8. The second-order valence-electron chi connectivity index (χ2n) is 6.69. The zero-order chi connectivity index (χ0) is 18.8. The molecule has 0 bridgehead atoms. The van der Waals surface area contributed by atoms with Gasteiger partial charge in [0.25, 0.3) is 0 Å². The first-order valence-electron chi connectivity index (χ1n) is 9.30. The van der Waals surface area contributed by atoms with Gasteiger partial charge in [-0.15, -0.1) is 0 Å². The van der Waals surface area contributed by atoms with Crippen molar-refractivity contribution in [2.45, 2.75) is 29.6 Å². The fourth-order valence-electron chi connectivity index (χ4n) is 3.66. The van der Waals surface area contributed by atoms with Gasteiger partial charge in [-0.25, -0.2) is 4.79 Å². The molecule has 4 rings (SSSR count). The maximum Gasteiger partial charge on any atom is 0.329 e. The average Bonchev–Trinajstić information content (AvgIpc) is 2.71. The van der Waals surface area contributed by atoms with Crippen LogP contribution in [0.5, 0.6) is 0 Å². The van der Waals surface area contributed by atoms with Crippen LogP contribution >= 0.6 is 11.8 Å². The Bertz CT molecular complexity index is 825. The molecule has 0 aromatic heterocycles. The van der Waals surface area contributed by atoms with Gasteiger partial charge in [-0.05, 0) is 44.0 Å². The van der Waals surface area contributed by atoms with Crippen LogP contribution in [-0.4, -0.2) is 36.6 Å². The maximum absolute atomic E-state index is 13.5. The molecule has 0 aliphatic carbocycles. The molecule has 0 spiro atoms. The van der Waals surface area contributed by atoms with E-state index in [9.17, 15) is 9.59 Å². The largest absolute Gasteiger partial charge is 0.466 e. The Balaban J connectivity index is 1.65. The van der Waals surface area contributed by atoms with E-state index in [0.29, 0.717) is 19.7 Å². The topological polar surface area (TPSA) is 49.9 Å². The standard InChI is InChI=1S/C21H22N2O3S/c1-2-26-20(24)15-8-7-13-22(14-15)21(25)23-16-9-3-5-11-18(16)27-19-12-6-4-10-17(19)23/h3-6,9-12,15H,2,7-8,13-14H2,1H3/t15-/m0/s1. The molecule has 1 fully saturated rings. The summed E-state index contributed by atoms with van der Waals surface area (Å²) in [5.41, 5.74) is 1.79. The Morgan fingerprint density at radius 3 is 2.33 bits per heavy atom. The van der Waals surface area contributed by atoms with E-state index in [1.165, 1.54) is 0 Å². The molecular formula is C21H22N2O3S. The van der Waals surface area contributed by atoms with E-state index in [-0.39, 0.29) is 17.9 Å². The van der Waals surface area contributed by atoms with E-state index >= 15 is 0 Å². The third-order valence-corrected chi connectivity index (χ3v) is 6.07. The average molecular weight is 382 g/mol. The minimum atomic E-state index is -0.243. The number of rotatable bonds is 2. The lowest BCUT2D eigenvalue weighted by Crippen LogP contribution is -2.48. The molecule has 6 heteroatoms. The number of fused-ring (bicyclic) bond motifs is 2. The number of benzene rings is 2. The molecule has 1 atom stereocenters. The highest BCUT2D eigenvalue weighted by Crippen LogP contribution is 2.48. The van der Waals surface area contributed by atoms with Crippen molar-refractivity contribution in [1.82, 2.24) is 4.90 Å². The zero-order valence-corrected chi connectivity index (χ0v) is 16.1. The second kappa shape index (κ2) is 7.64. The summed E-state index contributed by atoms with van der Waals surface area (Å²) in [6.07, 6.45) is 1.58. The van der Waals surface area contributed by atoms with Crippen LogP contribution in [0.1, 0.15) is 19.8 Å². The summed E-state index contributed by atoms with van der Waals surface area (Å²) < 4.78 is 5.17. The van der Waals surface area contributed by atoms with Crippen LogP contribution < -0.4 is 4.90 Å². The number of esters is 1. The molecule has 5 nitrogen and oxygen atoms in total. The molecule has 0 N–H and O–H groups in total. The number of urea groups is 1. The van der Waals surface area contributed by atoms with Crippen LogP contribution in [0.25, 0.3) is 0 Å². The number of hydrogen-bond acceptors (Lipinski definition) is 4. The number of amides is 2.